The molecule has 2 aromatic heterocycles. The van der Waals surface area contributed by atoms with Gasteiger partial charge in [0.15, 0.2) is 29.1 Å². The van der Waals surface area contributed by atoms with Gasteiger partial charge in [0.25, 0.3) is 11.1 Å². The first-order chi connectivity index (χ1) is 25.4. The lowest BCUT2D eigenvalue weighted by molar-refractivity contribution is -0.145. The smallest absolute Gasteiger partial charge is 0.330 e. The fourth-order valence-electron chi connectivity index (χ4n) is 6.43. The molecule has 0 aromatic carbocycles. The number of aromatic amines is 2. The van der Waals surface area contributed by atoms with Gasteiger partial charge in [0.05, 0.1) is 37.4 Å². The zero-order valence-corrected chi connectivity index (χ0v) is 35.9. The van der Waals surface area contributed by atoms with Gasteiger partial charge in [-0.05, 0) is 43.2 Å². The highest BCUT2D eigenvalue weighted by molar-refractivity contribution is 6.74. The van der Waals surface area contributed by atoms with Crippen molar-refractivity contribution in [2.24, 2.45) is 17.6 Å². The fraction of sp³-hybridized carbons (Fsp3) is 0.722. The van der Waals surface area contributed by atoms with E-state index in [1.807, 2.05) is 13.1 Å². The van der Waals surface area contributed by atoms with E-state index in [1.54, 1.807) is 6.92 Å². The van der Waals surface area contributed by atoms with Gasteiger partial charge in [-0.2, -0.15) is 0 Å². The molecule has 0 radical (unpaired) electrons. The minimum atomic E-state index is -2.57. The zero-order valence-electron chi connectivity index (χ0n) is 33.9. The van der Waals surface area contributed by atoms with E-state index in [9.17, 15) is 28.8 Å². The molecular formula is C36H60N6O11Si2. The van der Waals surface area contributed by atoms with Crippen LogP contribution >= 0.6 is 0 Å². The predicted molar refractivity (Wildman–Crippen MR) is 210 cm³/mol. The Hall–Kier alpha value is -3.47. The number of carbonyl (C=O) groups excluding carboxylic acids is 2. The molecule has 19 heteroatoms. The van der Waals surface area contributed by atoms with Crippen LogP contribution in [0.15, 0.2) is 43.7 Å². The molecule has 1 amide bonds. The molecule has 0 aliphatic carbocycles. The number of amides is 1. The van der Waals surface area contributed by atoms with E-state index < -0.39 is 99.7 Å². The van der Waals surface area contributed by atoms with E-state index >= 15 is 0 Å². The van der Waals surface area contributed by atoms with Crippen LogP contribution in [0.5, 0.6) is 0 Å². The average molecular weight is 809 g/mol. The van der Waals surface area contributed by atoms with Gasteiger partial charge in [0, 0.05) is 55.9 Å². The molecule has 2 aliphatic heterocycles. The Balaban J connectivity index is 1.67. The van der Waals surface area contributed by atoms with E-state index in [2.05, 4.69) is 69.9 Å². The van der Waals surface area contributed by atoms with Gasteiger partial charge in [-0.1, -0.05) is 41.5 Å². The Bertz CT molecular complexity index is 1910. The van der Waals surface area contributed by atoms with Crippen LogP contribution in [0.3, 0.4) is 0 Å². The summed E-state index contributed by atoms with van der Waals surface area (Å²) in [5.74, 6) is -2.14. The molecule has 8 atom stereocenters. The van der Waals surface area contributed by atoms with E-state index in [1.165, 1.54) is 33.7 Å². The molecule has 5 N–H and O–H groups in total. The second-order valence-corrected chi connectivity index (χ2v) is 26.9. The first-order valence-electron chi connectivity index (χ1n) is 18.8. The summed E-state index contributed by atoms with van der Waals surface area (Å²) in [5, 5.41) is 2.48. The van der Waals surface area contributed by atoms with Crippen molar-refractivity contribution in [1.29, 1.82) is 0 Å². The number of aromatic nitrogens is 4. The van der Waals surface area contributed by atoms with Gasteiger partial charge < -0.3 is 34.1 Å². The normalized spacial score (nSPS) is 26.3. The Morgan fingerprint density at radius 3 is 1.62 bits per heavy atom. The number of nitrogens with zero attached hydrogens (tertiary/aromatic N) is 2. The number of esters is 1. The molecule has 17 nitrogen and oxygen atoms in total. The highest BCUT2D eigenvalue weighted by Gasteiger charge is 2.53. The Kier molecular flexibility index (Phi) is 13.6. The van der Waals surface area contributed by atoms with Crippen LogP contribution in [0.25, 0.3) is 0 Å². The first-order valence-corrected chi connectivity index (χ1v) is 24.6. The third-order valence-corrected chi connectivity index (χ3v) is 20.5. The van der Waals surface area contributed by atoms with Crippen molar-refractivity contribution in [1.82, 2.24) is 24.4 Å². The molecule has 0 saturated carbocycles. The average Bonchev–Trinajstić information content (AvgIpc) is 3.55. The summed E-state index contributed by atoms with van der Waals surface area (Å²) in [6.07, 6.45) is -2.64. The SMILES string of the molecule is CCOC(=O)C[C@H]1[C@@H](O[Si](C)(C)C(C)(C)C)[C@H](n2ccc(=O)[nH]c2=O)O[C@@H]1CNC(=O)C[C@H]1[C@@H](O[Si](C)(C)C(C)(C)C)[C@H](n2ccc(=O)[nH]c2=O)O[C@@H]1CN. The third-order valence-electron chi connectivity index (χ3n) is 11.6. The summed E-state index contributed by atoms with van der Waals surface area (Å²) in [6.45, 7) is 22.4. The predicted octanol–water partition coefficient (Wildman–Crippen LogP) is 2.31. The summed E-state index contributed by atoms with van der Waals surface area (Å²) in [4.78, 5) is 81.5. The maximum Gasteiger partial charge on any atom is 0.330 e. The molecule has 55 heavy (non-hydrogen) atoms. The maximum atomic E-state index is 14.0. The Morgan fingerprint density at radius 2 is 1.22 bits per heavy atom. The number of H-pyrrole nitrogens is 2. The van der Waals surface area contributed by atoms with Crippen LogP contribution in [-0.4, -0.2) is 91.7 Å². The molecule has 0 bridgehead atoms. The van der Waals surface area contributed by atoms with Gasteiger partial charge in [-0.3, -0.25) is 38.3 Å². The van der Waals surface area contributed by atoms with Gasteiger partial charge >= 0.3 is 17.3 Å². The van der Waals surface area contributed by atoms with E-state index in [0.717, 1.165) is 0 Å². The molecule has 0 spiro atoms. The number of carbonyl (C=O) groups is 2. The van der Waals surface area contributed by atoms with Crippen molar-refractivity contribution in [3.05, 3.63) is 66.2 Å². The third kappa shape index (κ3) is 10.1. The van der Waals surface area contributed by atoms with Crippen LogP contribution in [-0.2, 0) is 32.7 Å². The van der Waals surface area contributed by atoms with Gasteiger partial charge in [0.1, 0.15) is 0 Å². The lowest BCUT2D eigenvalue weighted by Gasteiger charge is -2.41. The Labute approximate surface area is 322 Å². The number of hydrogen-bond donors (Lipinski definition) is 4. The number of nitrogens with one attached hydrogen (secondary N) is 3. The minimum Gasteiger partial charge on any atom is -0.466 e. The van der Waals surface area contributed by atoms with Crippen molar-refractivity contribution in [2.75, 3.05) is 19.7 Å². The second kappa shape index (κ2) is 16.9. The van der Waals surface area contributed by atoms with Crippen molar-refractivity contribution in [3.8, 4) is 0 Å². The van der Waals surface area contributed by atoms with Gasteiger partial charge in [-0.25, -0.2) is 9.59 Å². The summed E-state index contributed by atoms with van der Waals surface area (Å²) in [6, 6.07) is 2.42. The summed E-state index contributed by atoms with van der Waals surface area (Å²) < 4.78 is 34.4. The zero-order chi connectivity index (χ0) is 41.3. The fourth-order valence-corrected chi connectivity index (χ4v) is 9.08. The molecular weight excluding hydrogens is 749 g/mol. The van der Waals surface area contributed by atoms with Crippen molar-refractivity contribution >= 4 is 28.5 Å². The topological polar surface area (TPSA) is 228 Å². The second-order valence-electron chi connectivity index (χ2n) is 17.4. The van der Waals surface area contributed by atoms with Crippen molar-refractivity contribution in [2.45, 2.75) is 134 Å². The maximum absolute atomic E-state index is 14.0. The van der Waals surface area contributed by atoms with Crippen LogP contribution < -0.4 is 33.5 Å². The largest absolute Gasteiger partial charge is 0.466 e. The van der Waals surface area contributed by atoms with Gasteiger partial charge in [0.2, 0.25) is 5.91 Å². The number of rotatable bonds is 14. The Morgan fingerprint density at radius 1 is 0.782 bits per heavy atom. The standard InChI is InChI=1S/C36H60N6O11Si2/c1-12-49-28(46)18-22-24(51-32(42-16-14-26(44)40-34(42)48)30(22)53-55(10,11)36(5,6)7)20-38-27(45)17-21-23(19-37)50-31(41-15-13-25(43)39-33(41)47)29(21)52-54(8,9)35(2,3)4/h13-16,21-24,29-32H,12,17-20,37H2,1-11H3,(H,38,45)(H,39,43,47)(H,40,44,48)/t21-,22-,23-,24-,29-,30-,31-,32-/m1/s1. The van der Waals surface area contributed by atoms with Crippen LogP contribution in [0, 0.1) is 11.8 Å². The molecule has 0 unspecified atom stereocenters. The highest BCUT2D eigenvalue weighted by atomic mass is 28.4. The molecule has 2 fully saturated rings. The summed E-state index contributed by atoms with van der Waals surface area (Å²) >= 11 is 0. The summed E-state index contributed by atoms with van der Waals surface area (Å²) in [5.41, 5.74) is 3.66. The van der Waals surface area contributed by atoms with Crippen molar-refractivity contribution in [3.63, 3.8) is 0 Å². The molecule has 4 heterocycles. The van der Waals surface area contributed by atoms with E-state index in [-0.39, 0.29) is 42.6 Å². The number of hydrogen-bond acceptors (Lipinski definition) is 12. The van der Waals surface area contributed by atoms with Crippen LogP contribution in [0.4, 0.5) is 0 Å². The highest BCUT2D eigenvalue weighted by Crippen LogP contribution is 2.46. The number of ether oxygens (including phenoxy) is 3. The molecule has 308 valence electrons. The molecule has 2 aliphatic rings. The lowest BCUT2D eigenvalue weighted by Crippen LogP contribution is -2.49. The van der Waals surface area contributed by atoms with Crippen molar-refractivity contribution < 1.29 is 32.7 Å². The van der Waals surface area contributed by atoms with E-state index in [0.29, 0.717) is 0 Å². The molecule has 4 rings (SSSR count). The van der Waals surface area contributed by atoms with Crippen LogP contribution in [0.2, 0.25) is 36.3 Å². The summed E-state index contributed by atoms with van der Waals surface area (Å²) in [7, 11) is -5.10. The quantitative estimate of drug-likeness (QED) is 0.159. The lowest BCUT2D eigenvalue weighted by atomic mass is 9.92. The molecule has 2 saturated heterocycles. The van der Waals surface area contributed by atoms with Crippen LogP contribution in [0.1, 0.15) is 73.8 Å². The van der Waals surface area contributed by atoms with Gasteiger partial charge in [-0.15, -0.1) is 0 Å². The number of nitrogens with two attached hydrogens (primary N) is 1. The van der Waals surface area contributed by atoms with E-state index in [4.69, 9.17) is 28.8 Å². The molecule has 2 aromatic rings. The minimum absolute atomic E-state index is 0.0271. The first kappa shape index (κ1) is 44.3. The monoisotopic (exact) mass is 808 g/mol.